The van der Waals surface area contributed by atoms with Crippen molar-refractivity contribution in [2.24, 2.45) is 5.92 Å². The van der Waals surface area contributed by atoms with Crippen LogP contribution in [0.25, 0.3) is 0 Å². The average Bonchev–Trinajstić information content (AvgIpc) is 2.79. The van der Waals surface area contributed by atoms with Gasteiger partial charge in [0.15, 0.2) is 0 Å². The number of ether oxygens (including phenoxy) is 1. The maximum absolute atomic E-state index is 5.93. The van der Waals surface area contributed by atoms with Gasteiger partial charge < -0.3 is 15.0 Å². The van der Waals surface area contributed by atoms with E-state index in [-0.39, 0.29) is 0 Å². The summed E-state index contributed by atoms with van der Waals surface area (Å²) in [6.45, 7) is 3.50. The van der Waals surface area contributed by atoms with Crippen LogP contribution in [0, 0.1) is 5.92 Å². The minimum Gasteiger partial charge on any atom is -0.375 e. The molecule has 0 spiro atoms. The van der Waals surface area contributed by atoms with Gasteiger partial charge in [-0.15, -0.1) is 0 Å². The van der Waals surface area contributed by atoms with Crippen molar-refractivity contribution in [2.75, 3.05) is 26.7 Å². The zero-order chi connectivity index (χ0) is 9.54. The molecule has 3 heterocycles. The fourth-order valence-corrected chi connectivity index (χ4v) is 3.39. The van der Waals surface area contributed by atoms with E-state index in [2.05, 4.69) is 17.3 Å². The number of nitrogens with one attached hydrogen (secondary N) is 1. The molecule has 3 aliphatic rings. The molecule has 1 N–H and O–H groups in total. The van der Waals surface area contributed by atoms with Crippen molar-refractivity contribution in [3.05, 3.63) is 0 Å². The van der Waals surface area contributed by atoms with Crippen LogP contribution < -0.4 is 5.32 Å². The molecule has 0 aromatic carbocycles. The topological polar surface area (TPSA) is 24.5 Å². The van der Waals surface area contributed by atoms with Gasteiger partial charge in [-0.1, -0.05) is 0 Å². The van der Waals surface area contributed by atoms with Crippen LogP contribution in [0.5, 0.6) is 0 Å². The first-order valence-corrected chi connectivity index (χ1v) is 5.91. The molecule has 0 aromatic rings. The van der Waals surface area contributed by atoms with Gasteiger partial charge in [-0.05, 0) is 26.3 Å². The molecule has 3 nitrogen and oxygen atoms in total. The minimum absolute atomic E-state index is 0.576. The Labute approximate surface area is 85.8 Å². The van der Waals surface area contributed by atoms with E-state index < -0.39 is 0 Å². The van der Waals surface area contributed by atoms with Gasteiger partial charge in [0, 0.05) is 31.6 Å². The lowest BCUT2D eigenvalue weighted by molar-refractivity contribution is 0.0609. The van der Waals surface area contributed by atoms with E-state index in [1.54, 1.807) is 0 Å². The highest BCUT2D eigenvalue weighted by Crippen LogP contribution is 2.41. The standard InChI is InChI=1S/C11H20N2O/c1-13-5-4-12-7-10(13)9-6-8-2-3-11(9)14-8/h8-12H,2-7H2,1H3. The first kappa shape index (κ1) is 9.13. The van der Waals surface area contributed by atoms with Crippen molar-refractivity contribution >= 4 is 0 Å². The molecule has 0 radical (unpaired) electrons. The predicted octanol–water partition coefficient (Wildman–Crippen LogP) is 0.457. The summed E-state index contributed by atoms with van der Waals surface area (Å²) in [6, 6.07) is 0.721. The first-order chi connectivity index (χ1) is 6.84. The van der Waals surface area contributed by atoms with E-state index in [0.717, 1.165) is 25.0 Å². The Hall–Kier alpha value is -0.120. The number of piperazine rings is 1. The summed E-state index contributed by atoms with van der Waals surface area (Å²) < 4.78 is 5.93. The molecule has 0 aromatic heterocycles. The molecule has 3 fully saturated rings. The second kappa shape index (κ2) is 3.47. The third-order valence-corrected chi connectivity index (χ3v) is 4.21. The fraction of sp³-hybridized carbons (Fsp3) is 1.00. The number of hydrogen-bond acceptors (Lipinski definition) is 3. The molecular formula is C11H20N2O. The predicted molar refractivity (Wildman–Crippen MR) is 55.3 cm³/mol. The van der Waals surface area contributed by atoms with E-state index in [9.17, 15) is 0 Å². The van der Waals surface area contributed by atoms with Crippen molar-refractivity contribution in [3.63, 3.8) is 0 Å². The maximum Gasteiger partial charge on any atom is 0.0624 e. The molecule has 3 saturated heterocycles. The summed E-state index contributed by atoms with van der Waals surface area (Å²) >= 11 is 0. The highest BCUT2D eigenvalue weighted by Gasteiger charge is 2.45. The lowest BCUT2D eigenvalue weighted by atomic mass is 9.82. The van der Waals surface area contributed by atoms with Crippen LogP contribution in [0.15, 0.2) is 0 Å². The quantitative estimate of drug-likeness (QED) is 0.659. The van der Waals surface area contributed by atoms with Crippen molar-refractivity contribution in [1.29, 1.82) is 0 Å². The first-order valence-electron chi connectivity index (χ1n) is 5.91. The molecule has 0 aliphatic carbocycles. The second-order valence-electron chi connectivity index (χ2n) is 5.03. The SMILES string of the molecule is CN1CCNCC1C1CC2CCC1O2. The molecular weight excluding hydrogens is 176 g/mol. The normalized spacial score (nSPS) is 48.6. The van der Waals surface area contributed by atoms with Gasteiger partial charge >= 0.3 is 0 Å². The smallest absolute Gasteiger partial charge is 0.0624 e. The van der Waals surface area contributed by atoms with Crippen LogP contribution in [-0.4, -0.2) is 49.8 Å². The van der Waals surface area contributed by atoms with Crippen molar-refractivity contribution in [3.8, 4) is 0 Å². The summed E-state index contributed by atoms with van der Waals surface area (Å²) in [5, 5.41) is 3.50. The Morgan fingerprint density at radius 2 is 2.29 bits per heavy atom. The van der Waals surface area contributed by atoms with Crippen molar-refractivity contribution in [1.82, 2.24) is 10.2 Å². The van der Waals surface area contributed by atoms with E-state index in [4.69, 9.17) is 4.74 Å². The molecule has 14 heavy (non-hydrogen) atoms. The zero-order valence-electron chi connectivity index (χ0n) is 8.91. The third-order valence-electron chi connectivity index (χ3n) is 4.21. The van der Waals surface area contributed by atoms with Gasteiger partial charge in [0.05, 0.1) is 12.2 Å². The van der Waals surface area contributed by atoms with Crippen LogP contribution >= 0.6 is 0 Å². The van der Waals surface area contributed by atoms with Gasteiger partial charge in [0.25, 0.3) is 0 Å². The Morgan fingerprint density at radius 1 is 1.36 bits per heavy atom. The zero-order valence-corrected chi connectivity index (χ0v) is 8.91. The van der Waals surface area contributed by atoms with Gasteiger partial charge in [-0.25, -0.2) is 0 Å². The summed E-state index contributed by atoms with van der Waals surface area (Å²) in [4.78, 5) is 2.52. The van der Waals surface area contributed by atoms with Gasteiger partial charge in [0.2, 0.25) is 0 Å². The van der Waals surface area contributed by atoms with Gasteiger partial charge in [0.1, 0.15) is 0 Å². The van der Waals surface area contributed by atoms with Crippen LogP contribution in [0.1, 0.15) is 19.3 Å². The molecule has 2 bridgehead atoms. The number of hydrogen-bond donors (Lipinski definition) is 1. The Balaban J connectivity index is 1.69. The molecule has 0 amide bonds. The lowest BCUT2D eigenvalue weighted by Crippen LogP contribution is -2.54. The van der Waals surface area contributed by atoms with Crippen LogP contribution in [-0.2, 0) is 4.74 Å². The maximum atomic E-state index is 5.93. The highest BCUT2D eigenvalue weighted by atomic mass is 16.5. The van der Waals surface area contributed by atoms with E-state index in [1.807, 2.05) is 0 Å². The molecule has 3 rings (SSSR count). The number of likely N-dealkylation sites (N-methyl/N-ethyl adjacent to an activating group) is 1. The molecule has 4 unspecified atom stereocenters. The fourth-order valence-electron chi connectivity index (χ4n) is 3.39. The van der Waals surface area contributed by atoms with Crippen molar-refractivity contribution < 1.29 is 4.74 Å². The molecule has 80 valence electrons. The van der Waals surface area contributed by atoms with Crippen LogP contribution in [0.2, 0.25) is 0 Å². The Kier molecular flexibility index (Phi) is 2.26. The van der Waals surface area contributed by atoms with Crippen LogP contribution in [0.3, 0.4) is 0 Å². The summed E-state index contributed by atoms with van der Waals surface area (Å²) in [5.74, 6) is 0.798. The third kappa shape index (κ3) is 1.38. The number of nitrogens with zero attached hydrogens (tertiary/aromatic N) is 1. The molecule has 4 atom stereocenters. The van der Waals surface area contributed by atoms with Gasteiger partial charge in [-0.2, -0.15) is 0 Å². The molecule has 0 saturated carbocycles. The molecule has 3 aliphatic heterocycles. The van der Waals surface area contributed by atoms with Gasteiger partial charge in [-0.3, -0.25) is 0 Å². The largest absolute Gasteiger partial charge is 0.375 e. The van der Waals surface area contributed by atoms with E-state index in [1.165, 1.54) is 25.8 Å². The minimum atomic E-state index is 0.576. The Morgan fingerprint density at radius 3 is 2.93 bits per heavy atom. The monoisotopic (exact) mass is 196 g/mol. The van der Waals surface area contributed by atoms with Crippen molar-refractivity contribution in [2.45, 2.75) is 37.5 Å². The van der Waals surface area contributed by atoms with Crippen LogP contribution in [0.4, 0.5) is 0 Å². The average molecular weight is 196 g/mol. The lowest BCUT2D eigenvalue weighted by Gasteiger charge is -2.39. The second-order valence-corrected chi connectivity index (χ2v) is 5.03. The highest BCUT2D eigenvalue weighted by molar-refractivity contribution is 4.97. The van der Waals surface area contributed by atoms with E-state index in [0.29, 0.717) is 12.2 Å². The summed E-state index contributed by atoms with van der Waals surface area (Å²) in [7, 11) is 2.26. The van der Waals surface area contributed by atoms with E-state index >= 15 is 0 Å². The summed E-state index contributed by atoms with van der Waals surface area (Å²) in [6.07, 6.45) is 5.10. The number of rotatable bonds is 1. The summed E-state index contributed by atoms with van der Waals surface area (Å²) in [5.41, 5.74) is 0. The number of fused-ring (bicyclic) bond motifs is 2. The Bertz CT molecular complexity index is 221. The molecule has 3 heteroatoms.